The van der Waals surface area contributed by atoms with Crippen molar-refractivity contribution >= 4 is 23.5 Å². The molecule has 0 spiro atoms. The zero-order chi connectivity index (χ0) is 24.1. The lowest BCUT2D eigenvalue weighted by molar-refractivity contribution is -0.139. The fourth-order valence-electron chi connectivity index (χ4n) is 3.79. The number of ether oxygens (including phenoxy) is 2. The molecule has 0 fully saturated rings. The zero-order valence-electron chi connectivity index (χ0n) is 18.1. The van der Waals surface area contributed by atoms with Gasteiger partial charge in [-0.2, -0.15) is 5.26 Å². The first kappa shape index (κ1) is 23.1. The van der Waals surface area contributed by atoms with Crippen molar-refractivity contribution in [1.29, 1.82) is 5.26 Å². The Morgan fingerprint density at radius 3 is 2.27 bits per heavy atom. The number of allylic oxidation sites excluding steroid dienone is 1. The Hall–Kier alpha value is -4.58. The number of anilines is 1. The average molecular weight is 446 g/mol. The standard InChI is InChI=1S/C24H22N4O5/c1-32-23(30)20-19(15-8-4-3-5-9-15)17(13-25)22(27)28(21(20)24(31)33-2)16-10-6-7-14(11-16)12-18(26)29/h3-11,19H,12,27H2,1-2H3,(H2,26,29). The first-order chi connectivity index (χ1) is 15.8. The minimum Gasteiger partial charge on any atom is -0.466 e. The third-order valence-corrected chi connectivity index (χ3v) is 5.16. The number of hydrogen-bond donors (Lipinski definition) is 2. The van der Waals surface area contributed by atoms with Crippen LogP contribution in [0.15, 0.2) is 77.3 Å². The molecule has 9 heteroatoms. The van der Waals surface area contributed by atoms with Crippen molar-refractivity contribution in [2.24, 2.45) is 11.5 Å². The molecular weight excluding hydrogens is 424 g/mol. The number of nitriles is 1. The molecule has 1 atom stereocenters. The Morgan fingerprint density at radius 2 is 1.70 bits per heavy atom. The number of carbonyl (C=O) groups is 3. The van der Waals surface area contributed by atoms with Gasteiger partial charge < -0.3 is 20.9 Å². The van der Waals surface area contributed by atoms with Gasteiger partial charge in [-0.1, -0.05) is 42.5 Å². The van der Waals surface area contributed by atoms with Gasteiger partial charge in [0.15, 0.2) is 0 Å². The van der Waals surface area contributed by atoms with E-state index in [0.717, 1.165) is 0 Å². The van der Waals surface area contributed by atoms with Crippen molar-refractivity contribution in [2.75, 3.05) is 19.1 Å². The summed E-state index contributed by atoms with van der Waals surface area (Å²) < 4.78 is 9.97. The SMILES string of the molecule is COC(=O)C1=C(C(=O)OC)N(c2cccc(CC(N)=O)c2)C(N)=C(C#N)C1c1ccccc1. The van der Waals surface area contributed by atoms with E-state index in [4.69, 9.17) is 20.9 Å². The highest BCUT2D eigenvalue weighted by Crippen LogP contribution is 2.43. The van der Waals surface area contributed by atoms with Crippen LogP contribution in [-0.2, 0) is 30.3 Å². The molecule has 0 bridgehead atoms. The third kappa shape index (κ3) is 4.41. The molecule has 2 aromatic carbocycles. The molecule has 9 nitrogen and oxygen atoms in total. The van der Waals surface area contributed by atoms with Crippen LogP contribution in [0.5, 0.6) is 0 Å². The molecule has 1 aliphatic rings. The van der Waals surface area contributed by atoms with E-state index in [1.807, 2.05) is 0 Å². The molecule has 0 radical (unpaired) electrons. The Labute approximate surface area is 190 Å². The van der Waals surface area contributed by atoms with E-state index in [-0.39, 0.29) is 29.1 Å². The maximum atomic E-state index is 13.0. The van der Waals surface area contributed by atoms with Crippen LogP contribution in [0.3, 0.4) is 0 Å². The molecule has 1 heterocycles. The zero-order valence-corrected chi connectivity index (χ0v) is 18.1. The first-order valence-electron chi connectivity index (χ1n) is 9.86. The van der Waals surface area contributed by atoms with Gasteiger partial charge in [0.25, 0.3) is 0 Å². The highest BCUT2D eigenvalue weighted by atomic mass is 16.5. The Kier molecular flexibility index (Phi) is 6.79. The van der Waals surface area contributed by atoms with Crippen molar-refractivity contribution in [3.8, 4) is 6.07 Å². The number of primary amides is 1. The van der Waals surface area contributed by atoms with Gasteiger partial charge in [0.2, 0.25) is 5.91 Å². The van der Waals surface area contributed by atoms with E-state index in [1.54, 1.807) is 54.6 Å². The average Bonchev–Trinajstić information content (AvgIpc) is 2.82. The third-order valence-electron chi connectivity index (χ3n) is 5.16. The smallest absolute Gasteiger partial charge is 0.355 e. The summed E-state index contributed by atoms with van der Waals surface area (Å²) in [5.41, 5.74) is 13.0. The Bertz CT molecular complexity index is 1210. The molecule has 168 valence electrons. The molecule has 4 N–H and O–H groups in total. The molecule has 0 saturated carbocycles. The molecule has 0 aromatic heterocycles. The number of rotatable bonds is 6. The summed E-state index contributed by atoms with van der Waals surface area (Å²) in [4.78, 5) is 38.7. The van der Waals surface area contributed by atoms with Crippen LogP contribution >= 0.6 is 0 Å². The summed E-state index contributed by atoms with van der Waals surface area (Å²) >= 11 is 0. The molecule has 1 amide bonds. The number of nitrogens with zero attached hydrogens (tertiary/aromatic N) is 2. The van der Waals surface area contributed by atoms with E-state index in [9.17, 15) is 19.6 Å². The summed E-state index contributed by atoms with van der Waals surface area (Å²) in [6.45, 7) is 0. The van der Waals surface area contributed by atoms with Crippen LogP contribution < -0.4 is 16.4 Å². The second kappa shape index (κ2) is 9.70. The lowest BCUT2D eigenvalue weighted by atomic mass is 9.81. The van der Waals surface area contributed by atoms with Gasteiger partial charge in [0.1, 0.15) is 11.5 Å². The van der Waals surface area contributed by atoms with Crippen molar-refractivity contribution in [3.05, 3.63) is 88.4 Å². The van der Waals surface area contributed by atoms with E-state index in [2.05, 4.69) is 6.07 Å². The van der Waals surface area contributed by atoms with E-state index >= 15 is 0 Å². The Balaban J connectivity index is 2.37. The quantitative estimate of drug-likeness (QED) is 0.636. The monoisotopic (exact) mass is 446 g/mol. The van der Waals surface area contributed by atoms with Crippen molar-refractivity contribution in [3.63, 3.8) is 0 Å². The van der Waals surface area contributed by atoms with Gasteiger partial charge in [-0.05, 0) is 23.3 Å². The highest BCUT2D eigenvalue weighted by molar-refractivity contribution is 6.06. The second-order valence-corrected chi connectivity index (χ2v) is 7.15. The number of methoxy groups -OCH3 is 2. The van der Waals surface area contributed by atoms with Crippen LogP contribution in [0.2, 0.25) is 0 Å². The number of benzene rings is 2. The van der Waals surface area contributed by atoms with E-state index < -0.39 is 23.8 Å². The molecule has 0 saturated heterocycles. The lowest BCUT2D eigenvalue weighted by Crippen LogP contribution is -2.40. The number of esters is 2. The van der Waals surface area contributed by atoms with Gasteiger partial charge in [0, 0.05) is 5.69 Å². The summed E-state index contributed by atoms with van der Waals surface area (Å²) in [7, 11) is 2.35. The molecule has 0 aliphatic carbocycles. The van der Waals surface area contributed by atoms with E-state index in [0.29, 0.717) is 16.8 Å². The van der Waals surface area contributed by atoms with Gasteiger partial charge in [-0.15, -0.1) is 0 Å². The summed E-state index contributed by atoms with van der Waals surface area (Å²) in [6, 6.07) is 17.3. The van der Waals surface area contributed by atoms with Crippen LogP contribution in [0.4, 0.5) is 5.69 Å². The van der Waals surface area contributed by atoms with Gasteiger partial charge in [0.05, 0.1) is 43.8 Å². The number of nitrogens with two attached hydrogens (primary N) is 2. The Morgan fingerprint density at radius 1 is 1.03 bits per heavy atom. The maximum absolute atomic E-state index is 13.0. The van der Waals surface area contributed by atoms with Crippen molar-refractivity contribution in [2.45, 2.75) is 12.3 Å². The molecule has 1 unspecified atom stereocenters. The maximum Gasteiger partial charge on any atom is 0.355 e. The fourth-order valence-corrected chi connectivity index (χ4v) is 3.79. The minimum absolute atomic E-state index is 0.0505. The first-order valence-corrected chi connectivity index (χ1v) is 9.86. The summed E-state index contributed by atoms with van der Waals surface area (Å²) in [6.07, 6.45) is -0.0514. The number of carbonyl (C=O) groups excluding carboxylic acids is 3. The van der Waals surface area contributed by atoms with Crippen molar-refractivity contribution in [1.82, 2.24) is 0 Å². The van der Waals surface area contributed by atoms with E-state index in [1.165, 1.54) is 19.1 Å². The topological polar surface area (TPSA) is 149 Å². The van der Waals surface area contributed by atoms with Crippen LogP contribution in [0.1, 0.15) is 17.0 Å². The van der Waals surface area contributed by atoms with Gasteiger partial charge >= 0.3 is 11.9 Å². The van der Waals surface area contributed by atoms with Crippen LogP contribution in [-0.4, -0.2) is 32.1 Å². The second-order valence-electron chi connectivity index (χ2n) is 7.15. The lowest BCUT2D eigenvalue weighted by Gasteiger charge is -2.36. The molecule has 1 aliphatic heterocycles. The predicted molar refractivity (Wildman–Crippen MR) is 119 cm³/mol. The van der Waals surface area contributed by atoms with Gasteiger partial charge in [-0.25, -0.2) is 9.59 Å². The molecule has 2 aromatic rings. The number of amides is 1. The number of hydrogen-bond acceptors (Lipinski definition) is 8. The van der Waals surface area contributed by atoms with Crippen LogP contribution in [0.25, 0.3) is 0 Å². The predicted octanol–water partition coefficient (Wildman–Crippen LogP) is 1.61. The summed E-state index contributed by atoms with van der Waals surface area (Å²) in [5, 5.41) is 10.0. The normalized spacial score (nSPS) is 15.7. The highest BCUT2D eigenvalue weighted by Gasteiger charge is 2.42. The fraction of sp³-hybridized carbons (Fsp3) is 0.167. The molecule has 3 rings (SSSR count). The largest absolute Gasteiger partial charge is 0.466 e. The van der Waals surface area contributed by atoms with Crippen LogP contribution in [0, 0.1) is 11.3 Å². The minimum atomic E-state index is -0.956. The van der Waals surface area contributed by atoms with Gasteiger partial charge in [-0.3, -0.25) is 9.69 Å². The molecule has 33 heavy (non-hydrogen) atoms. The van der Waals surface area contributed by atoms with Crippen molar-refractivity contribution < 1.29 is 23.9 Å². The molecular formula is C24H22N4O5. The summed E-state index contributed by atoms with van der Waals surface area (Å²) in [5.74, 6) is -3.23.